The van der Waals surface area contributed by atoms with Crippen LogP contribution in [0, 0.1) is 11.3 Å². The van der Waals surface area contributed by atoms with Crippen LogP contribution in [-0.2, 0) is 0 Å². The highest BCUT2D eigenvalue weighted by Crippen LogP contribution is 2.50. The SMILES string of the molecule is CC1CN(C2(CN)CC(C)(C)CC2C)CC(C)N1C. The predicted octanol–water partition coefficient (Wildman–Crippen LogP) is 2.16. The summed E-state index contributed by atoms with van der Waals surface area (Å²) in [5.74, 6) is 0.704. The maximum Gasteiger partial charge on any atom is 0.0363 e. The van der Waals surface area contributed by atoms with Crippen molar-refractivity contribution in [1.29, 1.82) is 0 Å². The fraction of sp³-hybridized carbons (Fsp3) is 1.00. The highest BCUT2D eigenvalue weighted by molar-refractivity contribution is 5.08. The number of nitrogens with two attached hydrogens (primary N) is 1. The minimum absolute atomic E-state index is 0.229. The van der Waals surface area contributed by atoms with Crippen LogP contribution < -0.4 is 5.73 Å². The Balaban J connectivity index is 2.23. The minimum atomic E-state index is 0.229. The molecule has 1 saturated heterocycles. The van der Waals surface area contributed by atoms with Crippen molar-refractivity contribution in [3.05, 3.63) is 0 Å². The summed E-state index contributed by atoms with van der Waals surface area (Å²) in [5.41, 5.74) is 6.95. The Morgan fingerprint density at radius 2 is 1.63 bits per heavy atom. The lowest BCUT2D eigenvalue weighted by atomic mass is 9.83. The number of hydrogen-bond acceptors (Lipinski definition) is 3. The van der Waals surface area contributed by atoms with Crippen LogP contribution in [0.3, 0.4) is 0 Å². The van der Waals surface area contributed by atoms with Gasteiger partial charge in [-0.1, -0.05) is 20.8 Å². The van der Waals surface area contributed by atoms with Crippen molar-refractivity contribution in [2.24, 2.45) is 17.1 Å². The molecule has 0 aromatic carbocycles. The zero-order chi connectivity index (χ0) is 14.4. The van der Waals surface area contributed by atoms with Gasteiger partial charge >= 0.3 is 0 Å². The average molecular weight is 267 g/mol. The number of piperazine rings is 1. The van der Waals surface area contributed by atoms with Crippen molar-refractivity contribution in [2.75, 3.05) is 26.7 Å². The summed E-state index contributed by atoms with van der Waals surface area (Å²) in [6, 6.07) is 1.26. The number of rotatable bonds is 2. The first-order valence-corrected chi connectivity index (χ1v) is 7.89. The van der Waals surface area contributed by atoms with E-state index in [4.69, 9.17) is 5.73 Å². The van der Waals surface area contributed by atoms with Gasteiger partial charge in [0, 0.05) is 37.3 Å². The number of likely N-dealkylation sites (N-methyl/N-ethyl adjacent to an activating group) is 1. The molecule has 0 bridgehead atoms. The third-order valence-corrected chi connectivity index (χ3v) is 5.90. The summed E-state index contributed by atoms with van der Waals surface area (Å²) >= 11 is 0. The molecule has 3 nitrogen and oxygen atoms in total. The first-order chi connectivity index (χ1) is 8.72. The van der Waals surface area contributed by atoms with Crippen LogP contribution in [-0.4, -0.2) is 54.1 Å². The van der Waals surface area contributed by atoms with Crippen LogP contribution in [0.15, 0.2) is 0 Å². The van der Waals surface area contributed by atoms with Crippen LogP contribution in [0.1, 0.15) is 47.5 Å². The molecule has 0 aromatic rings. The molecule has 1 saturated carbocycles. The summed E-state index contributed by atoms with van der Waals surface area (Å²) in [4.78, 5) is 5.23. The Morgan fingerprint density at radius 1 is 1.11 bits per heavy atom. The molecule has 0 spiro atoms. The Labute approximate surface area is 119 Å². The van der Waals surface area contributed by atoms with E-state index in [9.17, 15) is 0 Å². The van der Waals surface area contributed by atoms with Gasteiger partial charge < -0.3 is 5.73 Å². The molecule has 2 rings (SSSR count). The van der Waals surface area contributed by atoms with Gasteiger partial charge in [0.05, 0.1) is 0 Å². The standard InChI is InChI=1S/C16H33N3/c1-12-7-15(4,5)10-16(12,11-17)19-8-13(2)18(6)14(3)9-19/h12-14H,7-11,17H2,1-6H3. The van der Waals surface area contributed by atoms with E-state index in [0.29, 0.717) is 23.4 Å². The topological polar surface area (TPSA) is 32.5 Å². The average Bonchev–Trinajstić information content (AvgIpc) is 2.55. The molecule has 0 radical (unpaired) electrons. The Hall–Kier alpha value is -0.120. The van der Waals surface area contributed by atoms with Gasteiger partial charge in [-0.05, 0) is 45.1 Å². The summed E-state index contributed by atoms with van der Waals surface area (Å²) in [7, 11) is 2.25. The molecule has 4 atom stereocenters. The van der Waals surface area contributed by atoms with Gasteiger partial charge in [-0.15, -0.1) is 0 Å². The zero-order valence-corrected chi connectivity index (χ0v) is 13.7. The second-order valence-electron chi connectivity index (χ2n) is 8.02. The first kappa shape index (κ1) is 15.3. The molecule has 1 heterocycles. The minimum Gasteiger partial charge on any atom is -0.329 e. The number of hydrogen-bond donors (Lipinski definition) is 1. The van der Waals surface area contributed by atoms with Crippen molar-refractivity contribution < 1.29 is 0 Å². The molecule has 3 heteroatoms. The van der Waals surface area contributed by atoms with E-state index in [1.165, 1.54) is 25.9 Å². The lowest BCUT2D eigenvalue weighted by molar-refractivity contribution is -0.0264. The van der Waals surface area contributed by atoms with E-state index in [1.807, 2.05) is 0 Å². The van der Waals surface area contributed by atoms with Crippen molar-refractivity contribution in [3.63, 3.8) is 0 Å². The van der Waals surface area contributed by atoms with Gasteiger partial charge in [0.15, 0.2) is 0 Å². The normalized spacial score (nSPS) is 44.7. The molecule has 2 N–H and O–H groups in total. The van der Waals surface area contributed by atoms with Crippen LogP contribution >= 0.6 is 0 Å². The fourth-order valence-corrected chi connectivity index (χ4v) is 4.69. The quantitative estimate of drug-likeness (QED) is 0.832. The fourth-order valence-electron chi connectivity index (χ4n) is 4.69. The molecule has 112 valence electrons. The molecule has 1 aliphatic heterocycles. The molecule has 0 aromatic heterocycles. The highest BCUT2D eigenvalue weighted by atomic mass is 15.3. The third kappa shape index (κ3) is 2.57. The Kier molecular flexibility index (Phi) is 4.03. The molecule has 2 aliphatic rings. The van der Waals surface area contributed by atoms with E-state index in [-0.39, 0.29) is 5.54 Å². The van der Waals surface area contributed by atoms with Gasteiger partial charge in [0.2, 0.25) is 0 Å². The maximum absolute atomic E-state index is 6.28. The molecular formula is C16H33N3. The summed E-state index contributed by atoms with van der Waals surface area (Å²) in [6.07, 6.45) is 2.56. The van der Waals surface area contributed by atoms with Crippen LogP contribution in [0.25, 0.3) is 0 Å². The summed E-state index contributed by atoms with van der Waals surface area (Å²) < 4.78 is 0. The lowest BCUT2D eigenvalue weighted by Crippen LogP contribution is -2.65. The predicted molar refractivity (Wildman–Crippen MR) is 82.2 cm³/mol. The largest absolute Gasteiger partial charge is 0.329 e. The summed E-state index contributed by atoms with van der Waals surface area (Å²) in [5, 5.41) is 0. The van der Waals surface area contributed by atoms with Gasteiger partial charge in [-0.3, -0.25) is 9.80 Å². The van der Waals surface area contributed by atoms with Crippen LogP contribution in [0.4, 0.5) is 0 Å². The molecule has 2 fully saturated rings. The maximum atomic E-state index is 6.28. The van der Waals surface area contributed by atoms with Crippen molar-refractivity contribution in [2.45, 2.75) is 65.1 Å². The monoisotopic (exact) mass is 267 g/mol. The third-order valence-electron chi connectivity index (χ3n) is 5.90. The van der Waals surface area contributed by atoms with E-state index < -0.39 is 0 Å². The molecular weight excluding hydrogens is 234 g/mol. The molecule has 4 unspecified atom stereocenters. The van der Waals surface area contributed by atoms with Crippen molar-refractivity contribution in [3.8, 4) is 0 Å². The Bertz CT molecular complexity index is 316. The second-order valence-corrected chi connectivity index (χ2v) is 8.02. The van der Waals surface area contributed by atoms with Crippen molar-refractivity contribution >= 4 is 0 Å². The summed E-state index contributed by atoms with van der Waals surface area (Å²) in [6.45, 7) is 15.1. The first-order valence-electron chi connectivity index (χ1n) is 7.89. The number of nitrogens with zero attached hydrogens (tertiary/aromatic N) is 2. The van der Waals surface area contributed by atoms with E-state index in [0.717, 1.165) is 6.54 Å². The van der Waals surface area contributed by atoms with Gasteiger partial charge in [0.25, 0.3) is 0 Å². The molecule has 0 amide bonds. The molecule has 1 aliphatic carbocycles. The van der Waals surface area contributed by atoms with Crippen molar-refractivity contribution in [1.82, 2.24) is 9.80 Å². The van der Waals surface area contributed by atoms with Gasteiger partial charge in [-0.2, -0.15) is 0 Å². The van der Waals surface area contributed by atoms with E-state index in [1.54, 1.807) is 0 Å². The van der Waals surface area contributed by atoms with Crippen LogP contribution in [0.2, 0.25) is 0 Å². The zero-order valence-electron chi connectivity index (χ0n) is 13.7. The van der Waals surface area contributed by atoms with E-state index in [2.05, 4.69) is 51.5 Å². The smallest absolute Gasteiger partial charge is 0.0363 e. The molecule has 19 heavy (non-hydrogen) atoms. The van der Waals surface area contributed by atoms with Gasteiger partial charge in [0.1, 0.15) is 0 Å². The Morgan fingerprint density at radius 3 is 2.00 bits per heavy atom. The van der Waals surface area contributed by atoms with Gasteiger partial charge in [-0.25, -0.2) is 0 Å². The highest BCUT2D eigenvalue weighted by Gasteiger charge is 2.52. The van der Waals surface area contributed by atoms with Crippen LogP contribution in [0.5, 0.6) is 0 Å². The lowest BCUT2D eigenvalue weighted by Gasteiger charge is -2.52. The second kappa shape index (κ2) is 5.01. The van der Waals surface area contributed by atoms with E-state index >= 15 is 0 Å².